The molecule has 0 spiro atoms. The molecule has 0 atom stereocenters. The Morgan fingerprint density at radius 2 is 1.79 bits per heavy atom. The summed E-state index contributed by atoms with van der Waals surface area (Å²) in [6, 6.07) is 9.12. The molecule has 3 rings (SSSR count). The fraction of sp³-hybridized carbons (Fsp3) is 0.200. The molecule has 9 heteroatoms. The molecule has 0 N–H and O–H groups in total. The van der Waals surface area contributed by atoms with Gasteiger partial charge in [0.15, 0.2) is 23.0 Å². The van der Waals surface area contributed by atoms with Gasteiger partial charge in [0, 0.05) is 5.56 Å². The number of nitrogens with zero attached hydrogens (tertiary/aromatic N) is 1. The molecule has 0 bridgehead atoms. The van der Waals surface area contributed by atoms with Crippen LogP contribution in [0.1, 0.15) is 15.9 Å². The van der Waals surface area contributed by atoms with Gasteiger partial charge in [0.25, 0.3) is 0 Å². The van der Waals surface area contributed by atoms with Crippen LogP contribution in [0.25, 0.3) is 6.08 Å². The Bertz CT molecular complexity index is 988. The maximum Gasteiger partial charge on any atom is 0.387 e. The van der Waals surface area contributed by atoms with Crippen molar-refractivity contribution in [3.8, 4) is 34.8 Å². The molecule has 0 saturated heterocycles. The topological polar surface area (TPSA) is 87.0 Å². The number of halogens is 2. The molecule has 7 nitrogen and oxygen atoms in total. The molecule has 0 radical (unpaired) electrons. The van der Waals surface area contributed by atoms with E-state index in [1.165, 1.54) is 44.6 Å². The van der Waals surface area contributed by atoms with E-state index >= 15 is 0 Å². The Labute approximate surface area is 164 Å². The Balaban J connectivity index is 1.98. The molecular formula is C20H15F2NO6. The minimum atomic E-state index is -3.08. The van der Waals surface area contributed by atoms with E-state index in [9.17, 15) is 18.8 Å². The highest BCUT2D eigenvalue weighted by Crippen LogP contribution is 2.40. The molecule has 1 aliphatic heterocycles. The number of alkyl halides is 2. The van der Waals surface area contributed by atoms with Gasteiger partial charge in [-0.2, -0.15) is 14.0 Å². The molecule has 150 valence electrons. The van der Waals surface area contributed by atoms with E-state index in [-0.39, 0.29) is 35.2 Å². The first-order valence-corrected chi connectivity index (χ1v) is 8.23. The van der Waals surface area contributed by atoms with Crippen LogP contribution in [0.15, 0.2) is 35.9 Å². The summed E-state index contributed by atoms with van der Waals surface area (Å²) in [5.41, 5.74) is 0.375. The molecule has 1 aliphatic rings. The lowest BCUT2D eigenvalue weighted by Crippen LogP contribution is -2.06. The van der Waals surface area contributed by atoms with Crippen molar-refractivity contribution in [2.75, 3.05) is 21.0 Å². The van der Waals surface area contributed by atoms with Crippen LogP contribution in [0.2, 0.25) is 0 Å². The second-order valence-electron chi connectivity index (χ2n) is 5.70. The lowest BCUT2D eigenvalue weighted by molar-refractivity contribution is -0.0526. The molecule has 29 heavy (non-hydrogen) atoms. The minimum absolute atomic E-state index is 0.0382. The Morgan fingerprint density at radius 1 is 1.14 bits per heavy atom. The molecule has 2 aromatic rings. The Morgan fingerprint density at radius 3 is 2.38 bits per heavy atom. The van der Waals surface area contributed by atoms with Crippen molar-refractivity contribution in [1.82, 2.24) is 0 Å². The maximum absolute atomic E-state index is 12.7. The summed E-state index contributed by atoms with van der Waals surface area (Å²) >= 11 is 0. The standard InChI is InChI=1S/C20H15F2NO6/c1-25-16-6-11(7-17(26-2)19(16)29-20(21)22)5-13(9-23)18(24)12-3-4-14-15(8-12)28-10-27-14/h3-8,20H,10H2,1-2H3/b13-5+. The normalized spacial score (nSPS) is 12.5. The number of carbonyl (C=O) groups is 1. The number of allylic oxidation sites excluding steroid dienone is 1. The van der Waals surface area contributed by atoms with E-state index in [2.05, 4.69) is 4.74 Å². The molecule has 2 aromatic carbocycles. The predicted octanol–water partition coefficient (Wildman–Crippen LogP) is 3.82. The Hall–Kier alpha value is -3.80. The molecule has 0 saturated carbocycles. The highest BCUT2D eigenvalue weighted by Gasteiger charge is 2.21. The van der Waals surface area contributed by atoms with Gasteiger partial charge in [0.05, 0.1) is 14.2 Å². The van der Waals surface area contributed by atoms with Crippen LogP contribution in [0, 0.1) is 11.3 Å². The van der Waals surface area contributed by atoms with E-state index in [0.717, 1.165) is 0 Å². The highest BCUT2D eigenvalue weighted by molar-refractivity contribution is 6.14. The molecule has 0 unspecified atom stereocenters. The van der Waals surface area contributed by atoms with Crippen molar-refractivity contribution in [2.24, 2.45) is 0 Å². The number of ether oxygens (including phenoxy) is 5. The summed E-state index contributed by atoms with van der Waals surface area (Å²) in [7, 11) is 2.53. The number of hydrogen-bond acceptors (Lipinski definition) is 7. The summed E-state index contributed by atoms with van der Waals surface area (Å²) in [4.78, 5) is 12.7. The second kappa shape index (κ2) is 8.48. The number of carbonyl (C=O) groups excluding carboxylic acids is 1. The van der Waals surface area contributed by atoms with Gasteiger partial charge >= 0.3 is 6.61 Å². The largest absolute Gasteiger partial charge is 0.493 e. The SMILES string of the molecule is COc1cc(/C=C(\C#N)C(=O)c2ccc3c(c2)OCO3)cc(OC)c1OC(F)F. The summed E-state index contributed by atoms with van der Waals surface area (Å²) < 4.78 is 50.3. The number of hydrogen-bond donors (Lipinski definition) is 0. The first-order valence-electron chi connectivity index (χ1n) is 8.23. The summed E-state index contributed by atoms with van der Waals surface area (Å²) in [6.45, 7) is -3.03. The summed E-state index contributed by atoms with van der Waals surface area (Å²) in [5, 5.41) is 9.46. The van der Waals surface area contributed by atoms with Crippen LogP contribution in [-0.4, -0.2) is 33.4 Å². The van der Waals surface area contributed by atoms with Gasteiger partial charge in [-0.1, -0.05) is 0 Å². The average molecular weight is 403 g/mol. The van der Waals surface area contributed by atoms with Gasteiger partial charge in [-0.25, -0.2) is 0 Å². The van der Waals surface area contributed by atoms with Crippen molar-refractivity contribution in [3.05, 3.63) is 47.0 Å². The van der Waals surface area contributed by atoms with Gasteiger partial charge in [-0.05, 0) is 42.0 Å². The average Bonchev–Trinajstić information content (AvgIpc) is 3.19. The summed E-state index contributed by atoms with van der Waals surface area (Å²) in [5.74, 6) is 0.00457. The van der Waals surface area contributed by atoms with Gasteiger partial charge in [0.1, 0.15) is 11.6 Å². The van der Waals surface area contributed by atoms with Crippen LogP contribution in [0.4, 0.5) is 8.78 Å². The molecule has 0 aromatic heterocycles. The van der Waals surface area contributed by atoms with Gasteiger partial charge in [-0.3, -0.25) is 4.79 Å². The monoisotopic (exact) mass is 403 g/mol. The zero-order valence-electron chi connectivity index (χ0n) is 15.4. The van der Waals surface area contributed by atoms with E-state index < -0.39 is 12.4 Å². The van der Waals surface area contributed by atoms with Crippen molar-refractivity contribution in [1.29, 1.82) is 5.26 Å². The van der Waals surface area contributed by atoms with Crippen molar-refractivity contribution < 1.29 is 37.3 Å². The maximum atomic E-state index is 12.7. The fourth-order valence-electron chi connectivity index (χ4n) is 2.70. The zero-order valence-corrected chi connectivity index (χ0v) is 15.4. The number of nitriles is 1. The molecule has 0 fully saturated rings. The number of fused-ring (bicyclic) bond motifs is 1. The third-order valence-electron chi connectivity index (χ3n) is 4.00. The highest BCUT2D eigenvalue weighted by atomic mass is 19.3. The molecule has 1 heterocycles. The zero-order chi connectivity index (χ0) is 21.0. The second-order valence-corrected chi connectivity index (χ2v) is 5.70. The van der Waals surface area contributed by atoms with E-state index in [1.807, 2.05) is 6.07 Å². The quantitative estimate of drug-likeness (QED) is 0.395. The molecule has 0 amide bonds. The van der Waals surface area contributed by atoms with Crippen molar-refractivity contribution >= 4 is 11.9 Å². The number of Topliss-reactive ketones (excluding diaryl/α,β-unsaturated/α-hetero) is 1. The molecule has 0 aliphatic carbocycles. The first-order chi connectivity index (χ1) is 14.0. The third-order valence-corrected chi connectivity index (χ3v) is 4.00. The van der Waals surface area contributed by atoms with Gasteiger partial charge in [0.2, 0.25) is 18.3 Å². The lowest BCUT2D eigenvalue weighted by atomic mass is 10.0. The minimum Gasteiger partial charge on any atom is -0.493 e. The van der Waals surface area contributed by atoms with Gasteiger partial charge in [-0.15, -0.1) is 0 Å². The third kappa shape index (κ3) is 4.21. The number of rotatable bonds is 7. The van der Waals surface area contributed by atoms with E-state index in [0.29, 0.717) is 17.1 Å². The predicted molar refractivity (Wildman–Crippen MR) is 96.7 cm³/mol. The molecular weight excluding hydrogens is 388 g/mol. The smallest absolute Gasteiger partial charge is 0.387 e. The van der Waals surface area contributed by atoms with Crippen LogP contribution in [0.5, 0.6) is 28.7 Å². The van der Waals surface area contributed by atoms with Crippen molar-refractivity contribution in [2.45, 2.75) is 6.61 Å². The van der Waals surface area contributed by atoms with E-state index in [4.69, 9.17) is 18.9 Å². The number of methoxy groups -OCH3 is 2. The van der Waals surface area contributed by atoms with Crippen LogP contribution >= 0.6 is 0 Å². The van der Waals surface area contributed by atoms with Crippen LogP contribution < -0.4 is 23.7 Å². The van der Waals surface area contributed by atoms with Gasteiger partial charge < -0.3 is 23.7 Å². The Kier molecular flexibility index (Phi) is 5.83. The van der Waals surface area contributed by atoms with Crippen LogP contribution in [0.3, 0.4) is 0 Å². The van der Waals surface area contributed by atoms with E-state index in [1.54, 1.807) is 6.07 Å². The fourth-order valence-corrected chi connectivity index (χ4v) is 2.70. The summed E-state index contributed by atoms with van der Waals surface area (Å²) in [6.07, 6.45) is 1.30. The lowest BCUT2D eigenvalue weighted by Gasteiger charge is -2.14. The number of benzene rings is 2. The van der Waals surface area contributed by atoms with Crippen LogP contribution in [-0.2, 0) is 0 Å². The first kappa shape index (κ1) is 19.9. The van der Waals surface area contributed by atoms with Crippen molar-refractivity contribution in [3.63, 3.8) is 0 Å². The number of ketones is 1.